The molecule has 164 valence electrons. The third-order valence-corrected chi connectivity index (χ3v) is 7.30. The van der Waals surface area contributed by atoms with Gasteiger partial charge in [-0.05, 0) is 59.7 Å². The first-order valence-corrected chi connectivity index (χ1v) is 11.2. The Morgan fingerprint density at radius 1 is 0.906 bits per heavy atom. The van der Waals surface area contributed by atoms with Crippen molar-refractivity contribution in [2.45, 2.75) is 31.6 Å². The van der Waals surface area contributed by atoms with Crippen molar-refractivity contribution in [1.82, 2.24) is 5.32 Å². The third-order valence-electron chi connectivity index (χ3n) is 7.30. The molecule has 0 spiro atoms. The molecule has 0 heterocycles. The molecule has 3 aromatic carbocycles. The Labute approximate surface area is 189 Å². The molecule has 0 aliphatic heterocycles. The predicted octanol–water partition coefficient (Wildman–Crippen LogP) is 5.05. The molecule has 0 radical (unpaired) electrons. The van der Waals surface area contributed by atoms with Crippen LogP contribution in [-0.2, 0) is 11.2 Å². The monoisotopic (exact) mass is 427 g/mol. The molecule has 1 amide bonds. The van der Waals surface area contributed by atoms with Gasteiger partial charge >= 0.3 is 0 Å². The van der Waals surface area contributed by atoms with E-state index in [2.05, 4.69) is 60.8 Å². The highest BCUT2D eigenvalue weighted by atomic mass is 16.5. The van der Waals surface area contributed by atoms with Gasteiger partial charge in [0.05, 0.1) is 19.6 Å². The predicted molar refractivity (Wildman–Crippen MR) is 126 cm³/mol. The van der Waals surface area contributed by atoms with Crippen molar-refractivity contribution in [1.29, 1.82) is 0 Å². The molecule has 0 unspecified atom stereocenters. The number of hydrogen-bond acceptors (Lipinski definition) is 3. The van der Waals surface area contributed by atoms with Crippen LogP contribution >= 0.6 is 0 Å². The highest BCUT2D eigenvalue weighted by molar-refractivity contribution is 5.86. The number of carbonyl (C=O) groups is 1. The average molecular weight is 428 g/mol. The van der Waals surface area contributed by atoms with Gasteiger partial charge in [0.25, 0.3) is 0 Å². The first-order chi connectivity index (χ1) is 15.6. The van der Waals surface area contributed by atoms with E-state index in [1.165, 1.54) is 22.3 Å². The van der Waals surface area contributed by atoms with Crippen LogP contribution in [0, 0.1) is 5.41 Å². The molecule has 1 N–H and O–H groups in total. The number of amides is 1. The molecule has 4 nitrogen and oxygen atoms in total. The quantitative estimate of drug-likeness (QED) is 0.599. The minimum absolute atomic E-state index is 0.0842. The maximum absolute atomic E-state index is 13.6. The van der Waals surface area contributed by atoms with E-state index in [1.54, 1.807) is 14.2 Å². The van der Waals surface area contributed by atoms with Crippen LogP contribution in [0.15, 0.2) is 66.7 Å². The first kappa shape index (κ1) is 20.6. The fourth-order valence-electron chi connectivity index (χ4n) is 5.75. The number of nitrogens with one attached hydrogen (secondary N) is 1. The molecule has 0 fully saturated rings. The minimum atomic E-state index is -0.467. The molecule has 32 heavy (non-hydrogen) atoms. The fourth-order valence-corrected chi connectivity index (χ4v) is 5.75. The van der Waals surface area contributed by atoms with Crippen LogP contribution in [0.4, 0.5) is 0 Å². The van der Waals surface area contributed by atoms with Gasteiger partial charge in [-0.1, -0.05) is 54.6 Å². The van der Waals surface area contributed by atoms with Crippen molar-refractivity contribution in [2.24, 2.45) is 5.41 Å². The number of hydrogen-bond donors (Lipinski definition) is 1. The van der Waals surface area contributed by atoms with Gasteiger partial charge in [0.2, 0.25) is 5.91 Å². The molecule has 2 bridgehead atoms. The second-order valence-electron chi connectivity index (χ2n) is 9.06. The van der Waals surface area contributed by atoms with Crippen LogP contribution in [0.25, 0.3) is 0 Å². The number of rotatable bonds is 6. The van der Waals surface area contributed by atoms with Gasteiger partial charge in [-0.25, -0.2) is 0 Å². The Balaban J connectivity index is 1.37. The van der Waals surface area contributed by atoms with Crippen LogP contribution in [0.5, 0.6) is 11.5 Å². The molecule has 6 rings (SSSR count). The summed E-state index contributed by atoms with van der Waals surface area (Å²) in [5.41, 5.74) is 6.01. The SMILES string of the molecule is COc1ccc(CCNC(=O)[C@]2(C)CC3c4ccccc4C2c2ccccc23)cc1OC. The molecular formula is C28H29NO3. The van der Waals surface area contributed by atoms with Crippen molar-refractivity contribution in [3.63, 3.8) is 0 Å². The second-order valence-corrected chi connectivity index (χ2v) is 9.06. The Bertz CT molecular complexity index is 1120. The number of fused-ring (bicyclic) bond motifs is 1. The maximum atomic E-state index is 13.6. The summed E-state index contributed by atoms with van der Waals surface area (Å²) >= 11 is 0. The summed E-state index contributed by atoms with van der Waals surface area (Å²) in [5, 5.41) is 3.24. The topological polar surface area (TPSA) is 47.6 Å². The summed E-state index contributed by atoms with van der Waals surface area (Å²) in [6.07, 6.45) is 1.58. The standard InChI is InChI=1S/C28H29NO3/c1-28(27(30)29-15-14-18-12-13-24(31-2)25(16-18)32-3)17-23-19-8-4-6-10-21(19)26(28)22-11-7-5-9-20(22)23/h4-13,16,23,26H,14-15,17H2,1-3H3,(H,29,30)/t23?,26?,28-/m1/s1. The zero-order valence-corrected chi connectivity index (χ0v) is 18.9. The lowest BCUT2D eigenvalue weighted by Gasteiger charge is -2.50. The molecule has 3 aromatic rings. The molecule has 0 saturated heterocycles. The van der Waals surface area contributed by atoms with Gasteiger partial charge in [0.1, 0.15) is 0 Å². The number of ether oxygens (including phenoxy) is 2. The largest absolute Gasteiger partial charge is 0.493 e. The Morgan fingerprint density at radius 3 is 2.09 bits per heavy atom. The zero-order valence-electron chi connectivity index (χ0n) is 18.9. The normalized spacial score (nSPS) is 22.6. The summed E-state index contributed by atoms with van der Waals surface area (Å²) < 4.78 is 10.7. The van der Waals surface area contributed by atoms with E-state index in [1.807, 2.05) is 18.2 Å². The van der Waals surface area contributed by atoms with E-state index < -0.39 is 5.41 Å². The van der Waals surface area contributed by atoms with Crippen molar-refractivity contribution in [3.05, 3.63) is 94.5 Å². The Hall–Kier alpha value is -3.27. The second kappa shape index (κ2) is 8.01. The third kappa shape index (κ3) is 3.17. The van der Waals surface area contributed by atoms with Crippen LogP contribution in [0.2, 0.25) is 0 Å². The fraction of sp³-hybridized carbons (Fsp3) is 0.321. The van der Waals surface area contributed by atoms with Gasteiger partial charge in [0.15, 0.2) is 11.5 Å². The van der Waals surface area contributed by atoms with Gasteiger partial charge in [-0.3, -0.25) is 4.79 Å². The van der Waals surface area contributed by atoms with Crippen molar-refractivity contribution >= 4 is 5.91 Å². The Morgan fingerprint density at radius 2 is 1.50 bits per heavy atom. The summed E-state index contributed by atoms with van der Waals surface area (Å²) in [4.78, 5) is 13.6. The van der Waals surface area contributed by atoms with E-state index >= 15 is 0 Å². The summed E-state index contributed by atoms with van der Waals surface area (Å²) in [6.45, 7) is 2.73. The van der Waals surface area contributed by atoms with E-state index in [0.29, 0.717) is 18.0 Å². The zero-order chi connectivity index (χ0) is 22.3. The van der Waals surface area contributed by atoms with Crippen molar-refractivity contribution in [3.8, 4) is 11.5 Å². The summed E-state index contributed by atoms with van der Waals surface area (Å²) in [7, 11) is 3.27. The first-order valence-electron chi connectivity index (χ1n) is 11.2. The molecule has 0 aromatic heterocycles. The van der Waals surface area contributed by atoms with Crippen LogP contribution < -0.4 is 14.8 Å². The molecule has 3 aliphatic rings. The smallest absolute Gasteiger partial charge is 0.226 e. The highest BCUT2D eigenvalue weighted by Gasteiger charge is 2.53. The van der Waals surface area contributed by atoms with Gasteiger partial charge in [0, 0.05) is 18.4 Å². The average Bonchev–Trinajstić information content (AvgIpc) is 2.84. The van der Waals surface area contributed by atoms with E-state index in [0.717, 1.165) is 18.4 Å². The summed E-state index contributed by atoms with van der Waals surface area (Å²) in [6, 6.07) is 23.2. The number of methoxy groups -OCH3 is 2. The molecule has 3 aliphatic carbocycles. The van der Waals surface area contributed by atoms with Gasteiger partial charge < -0.3 is 14.8 Å². The highest BCUT2D eigenvalue weighted by Crippen LogP contribution is 2.60. The lowest BCUT2D eigenvalue weighted by molar-refractivity contribution is -0.132. The molecule has 1 atom stereocenters. The van der Waals surface area contributed by atoms with Crippen LogP contribution in [0.3, 0.4) is 0 Å². The molecular weight excluding hydrogens is 398 g/mol. The number of benzene rings is 3. The lowest BCUT2D eigenvalue weighted by Crippen LogP contribution is -2.49. The minimum Gasteiger partial charge on any atom is -0.493 e. The van der Waals surface area contributed by atoms with E-state index in [9.17, 15) is 4.79 Å². The van der Waals surface area contributed by atoms with Crippen LogP contribution in [-0.4, -0.2) is 26.7 Å². The number of carbonyl (C=O) groups excluding carboxylic acids is 1. The lowest BCUT2D eigenvalue weighted by atomic mass is 9.52. The van der Waals surface area contributed by atoms with Gasteiger partial charge in [-0.15, -0.1) is 0 Å². The van der Waals surface area contributed by atoms with Crippen LogP contribution in [0.1, 0.15) is 53.0 Å². The van der Waals surface area contributed by atoms with E-state index in [-0.39, 0.29) is 17.7 Å². The van der Waals surface area contributed by atoms with Crippen molar-refractivity contribution < 1.29 is 14.3 Å². The van der Waals surface area contributed by atoms with Crippen molar-refractivity contribution in [2.75, 3.05) is 20.8 Å². The van der Waals surface area contributed by atoms with E-state index in [4.69, 9.17) is 9.47 Å². The molecule has 0 saturated carbocycles. The Kier molecular flexibility index (Phi) is 5.16. The maximum Gasteiger partial charge on any atom is 0.226 e. The molecule has 4 heteroatoms. The summed E-state index contributed by atoms with van der Waals surface area (Å²) in [5.74, 6) is 1.91. The van der Waals surface area contributed by atoms with Gasteiger partial charge in [-0.2, -0.15) is 0 Å².